The molecule has 17 heavy (non-hydrogen) atoms. The van der Waals surface area contributed by atoms with Crippen LogP contribution in [0, 0.1) is 5.82 Å². The highest BCUT2D eigenvalue weighted by Crippen LogP contribution is 2.37. The molecule has 94 valence electrons. The van der Waals surface area contributed by atoms with Crippen LogP contribution in [0.4, 0.5) is 17.6 Å². The van der Waals surface area contributed by atoms with Crippen LogP contribution in [-0.2, 0) is 22.1 Å². The molecular weight excluding hydrogens is 264 g/mol. The molecule has 0 fully saturated rings. The highest BCUT2D eigenvalue weighted by atomic mass is 35.5. The number of hydrogen-bond acceptors (Lipinski definition) is 2. The summed E-state index contributed by atoms with van der Waals surface area (Å²) in [4.78, 5) is 10.9. The topological polar surface area (TPSA) is 26.3 Å². The van der Waals surface area contributed by atoms with Crippen molar-refractivity contribution in [2.45, 2.75) is 12.6 Å². The van der Waals surface area contributed by atoms with Gasteiger partial charge in [0.05, 0.1) is 18.6 Å². The van der Waals surface area contributed by atoms with E-state index in [2.05, 4.69) is 4.74 Å². The van der Waals surface area contributed by atoms with E-state index >= 15 is 0 Å². The minimum absolute atomic E-state index is 0.0207. The zero-order chi connectivity index (χ0) is 13.2. The Kier molecular flexibility index (Phi) is 3.98. The number of alkyl halides is 3. The number of carbonyl (C=O) groups is 1. The molecule has 0 radical (unpaired) electrons. The van der Waals surface area contributed by atoms with Crippen molar-refractivity contribution < 1.29 is 27.1 Å². The molecule has 0 aromatic heterocycles. The predicted octanol–water partition coefficient (Wildman–Crippen LogP) is 3.21. The first-order valence-electron chi connectivity index (χ1n) is 4.37. The first kappa shape index (κ1) is 13.8. The smallest absolute Gasteiger partial charge is 0.420 e. The summed E-state index contributed by atoms with van der Waals surface area (Å²) in [6.45, 7) is 0. The average Bonchev–Trinajstić information content (AvgIpc) is 2.13. The lowest BCUT2D eigenvalue weighted by Gasteiger charge is -2.11. The van der Waals surface area contributed by atoms with Gasteiger partial charge in [-0.15, -0.1) is 0 Å². The molecule has 0 aliphatic rings. The molecule has 0 N–H and O–H groups in total. The maximum absolute atomic E-state index is 13.2. The SMILES string of the molecule is COC(=O)Cc1cc(F)c(C(F)(F)F)c(Cl)c1. The van der Waals surface area contributed by atoms with E-state index in [9.17, 15) is 22.4 Å². The molecule has 1 aromatic rings. The van der Waals surface area contributed by atoms with Crippen molar-refractivity contribution in [1.82, 2.24) is 0 Å². The summed E-state index contributed by atoms with van der Waals surface area (Å²) in [5, 5.41) is -0.781. The fourth-order valence-electron chi connectivity index (χ4n) is 1.24. The summed E-state index contributed by atoms with van der Waals surface area (Å²) < 4.78 is 54.6. The van der Waals surface area contributed by atoms with Gasteiger partial charge in [-0.25, -0.2) is 4.39 Å². The van der Waals surface area contributed by atoms with Crippen LogP contribution in [0.15, 0.2) is 12.1 Å². The van der Waals surface area contributed by atoms with Gasteiger partial charge in [0.15, 0.2) is 0 Å². The molecule has 0 atom stereocenters. The number of methoxy groups -OCH3 is 1. The van der Waals surface area contributed by atoms with Gasteiger partial charge in [0.1, 0.15) is 11.4 Å². The maximum Gasteiger partial charge on any atom is 0.420 e. The Morgan fingerprint density at radius 1 is 1.41 bits per heavy atom. The van der Waals surface area contributed by atoms with Gasteiger partial charge >= 0.3 is 12.1 Å². The number of halogens is 5. The highest BCUT2D eigenvalue weighted by molar-refractivity contribution is 6.31. The number of carbonyl (C=O) groups excluding carboxylic acids is 1. The van der Waals surface area contributed by atoms with E-state index in [1.807, 2.05) is 0 Å². The first-order chi connectivity index (χ1) is 7.75. The Morgan fingerprint density at radius 3 is 2.41 bits per heavy atom. The molecule has 0 saturated heterocycles. The second-order valence-electron chi connectivity index (χ2n) is 3.19. The van der Waals surface area contributed by atoms with Crippen LogP contribution >= 0.6 is 11.6 Å². The summed E-state index contributed by atoms with van der Waals surface area (Å²) in [7, 11) is 1.12. The lowest BCUT2D eigenvalue weighted by molar-refractivity contribution is -0.140. The van der Waals surface area contributed by atoms with Crippen molar-refractivity contribution >= 4 is 17.6 Å². The van der Waals surface area contributed by atoms with Crippen molar-refractivity contribution in [3.05, 3.63) is 34.1 Å². The third-order valence-electron chi connectivity index (χ3n) is 1.96. The van der Waals surface area contributed by atoms with E-state index in [0.717, 1.165) is 13.2 Å². The summed E-state index contributed by atoms with van der Waals surface area (Å²) in [5.74, 6) is -2.20. The Morgan fingerprint density at radius 2 is 2.00 bits per heavy atom. The maximum atomic E-state index is 13.2. The summed E-state index contributed by atoms with van der Waals surface area (Å²) in [6.07, 6.45) is -5.21. The number of benzene rings is 1. The van der Waals surface area contributed by atoms with Crippen molar-refractivity contribution in [2.75, 3.05) is 7.11 Å². The fraction of sp³-hybridized carbons (Fsp3) is 0.300. The molecule has 1 rings (SSSR count). The van der Waals surface area contributed by atoms with E-state index < -0.39 is 28.5 Å². The van der Waals surface area contributed by atoms with Crippen LogP contribution in [-0.4, -0.2) is 13.1 Å². The van der Waals surface area contributed by atoms with Gasteiger partial charge in [0.25, 0.3) is 0 Å². The van der Waals surface area contributed by atoms with Crippen LogP contribution in [0.2, 0.25) is 5.02 Å². The van der Waals surface area contributed by atoms with Gasteiger partial charge in [0, 0.05) is 0 Å². The van der Waals surface area contributed by atoms with Crippen molar-refractivity contribution in [2.24, 2.45) is 0 Å². The zero-order valence-corrected chi connectivity index (χ0v) is 9.32. The lowest BCUT2D eigenvalue weighted by Crippen LogP contribution is -2.11. The first-order valence-corrected chi connectivity index (χ1v) is 4.75. The summed E-state index contributed by atoms with van der Waals surface area (Å²) in [5.41, 5.74) is -1.51. The van der Waals surface area contributed by atoms with Crippen molar-refractivity contribution in [1.29, 1.82) is 0 Å². The minimum Gasteiger partial charge on any atom is -0.469 e. The second kappa shape index (κ2) is 4.91. The highest BCUT2D eigenvalue weighted by Gasteiger charge is 2.37. The normalized spacial score (nSPS) is 11.4. The Bertz CT molecular complexity index is 419. The van der Waals surface area contributed by atoms with Gasteiger partial charge in [0.2, 0.25) is 0 Å². The largest absolute Gasteiger partial charge is 0.469 e. The molecule has 1 aromatic carbocycles. The second-order valence-corrected chi connectivity index (χ2v) is 3.59. The van der Waals surface area contributed by atoms with Gasteiger partial charge in [-0.1, -0.05) is 11.6 Å². The van der Waals surface area contributed by atoms with Crippen LogP contribution in [0.3, 0.4) is 0 Å². The predicted molar refractivity (Wildman–Crippen MR) is 52.1 cm³/mol. The molecule has 0 spiro atoms. The molecule has 0 bridgehead atoms. The van der Waals surface area contributed by atoms with Gasteiger partial charge in [-0.3, -0.25) is 4.79 Å². The monoisotopic (exact) mass is 270 g/mol. The van der Waals surface area contributed by atoms with Crippen LogP contribution in [0.1, 0.15) is 11.1 Å². The van der Waals surface area contributed by atoms with E-state index in [1.54, 1.807) is 0 Å². The number of hydrogen-bond donors (Lipinski definition) is 0. The van der Waals surface area contributed by atoms with Gasteiger partial charge in [-0.05, 0) is 17.7 Å². The fourth-order valence-corrected chi connectivity index (χ4v) is 1.57. The Hall–Kier alpha value is -1.30. The molecule has 0 saturated carbocycles. The molecule has 0 unspecified atom stereocenters. The number of rotatable bonds is 2. The quantitative estimate of drug-likeness (QED) is 0.609. The summed E-state index contributed by atoms with van der Waals surface area (Å²) >= 11 is 5.33. The van der Waals surface area contributed by atoms with Crippen LogP contribution in [0.5, 0.6) is 0 Å². The molecule has 0 aliphatic heterocycles. The number of ether oxygens (including phenoxy) is 1. The third kappa shape index (κ3) is 3.33. The number of esters is 1. The summed E-state index contributed by atoms with van der Waals surface area (Å²) in [6, 6.07) is 1.51. The molecular formula is C10H7ClF4O2. The minimum atomic E-state index is -4.87. The van der Waals surface area contributed by atoms with E-state index in [0.29, 0.717) is 6.07 Å². The Balaban J connectivity index is 3.14. The molecule has 7 heteroatoms. The van der Waals surface area contributed by atoms with E-state index in [-0.39, 0.29) is 12.0 Å². The van der Waals surface area contributed by atoms with Crippen LogP contribution in [0.25, 0.3) is 0 Å². The van der Waals surface area contributed by atoms with Crippen molar-refractivity contribution in [3.63, 3.8) is 0 Å². The average molecular weight is 271 g/mol. The lowest BCUT2D eigenvalue weighted by atomic mass is 10.1. The van der Waals surface area contributed by atoms with Gasteiger partial charge < -0.3 is 4.74 Å². The Labute approximate surface area is 99.1 Å². The van der Waals surface area contributed by atoms with E-state index in [1.165, 1.54) is 0 Å². The molecule has 0 aliphatic carbocycles. The van der Waals surface area contributed by atoms with Crippen LogP contribution < -0.4 is 0 Å². The zero-order valence-electron chi connectivity index (χ0n) is 8.57. The molecule has 0 heterocycles. The molecule has 2 nitrogen and oxygen atoms in total. The standard InChI is InChI=1S/C10H7ClF4O2/c1-17-8(16)4-5-2-6(11)9(7(12)3-5)10(13,14)15/h2-3H,4H2,1H3. The molecule has 0 amide bonds. The van der Waals surface area contributed by atoms with Crippen molar-refractivity contribution in [3.8, 4) is 0 Å². The van der Waals surface area contributed by atoms with E-state index in [4.69, 9.17) is 11.6 Å². The van der Waals surface area contributed by atoms with Gasteiger partial charge in [-0.2, -0.15) is 13.2 Å². The third-order valence-corrected chi connectivity index (χ3v) is 2.26.